The van der Waals surface area contributed by atoms with E-state index in [1.807, 2.05) is 11.3 Å². The maximum atomic E-state index is 3.86. The highest BCUT2D eigenvalue weighted by atomic mass is 32.1. The van der Waals surface area contributed by atoms with Gasteiger partial charge in [0.25, 0.3) is 0 Å². The van der Waals surface area contributed by atoms with Crippen LogP contribution in [0.5, 0.6) is 0 Å². The standard InChI is InChI=1S/C15H25NS/c1-11-6-4-7-12(2)15(11)16-13(3)10-14-8-5-9-17-14/h5,8-9,11-13,15-16H,4,6-7,10H2,1-3H3. The molecule has 1 aliphatic carbocycles. The monoisotopic (exact) mass is 251 g/mol. The first-order valence-electron chi connectivity index (χ1n) is 6.95. The molecule has 96 valence electrons. The van der Waals surface area contributed by atoms with E-state index in [1.165, 1.54) is 30.6 Å². The minimum Gasteiger partial charge on any atom is -0.311 e. The van der Waals surface area contributed by atoms with E-state index < -0.39 is 0 Å². The van der Waals surface area contributed by atoms with Gasteiger partial charge in [-0.15, -0.1) is 11.3 Å². The Labute approximate surface area is 110 Å². The molecule has 1 aromatic heterocycles. The third-order valence-electron chi connectivity index (χ3n) is 4.11. The topological polar surface area (TPSA) is 12.0 Å². The molecule has 0 saturated heterocycles. The number of nitrogens with one attached hydrogen (secondary N) is 1. The molecule has 2 rings (SSSR count). The van der Waals surface area contributed by atoms with Crippen molar-refractivity contribution in [3.8, 4) is 0 Å². The molecule has 1 heterocycles. The van der Waals surface area contributed by atoms with E-state index in [9.17, 15) is 0 Å². The Morgan fingerprint density at radius 3 is 2.65 bits per heavy atom. The van der Waals surface area contributed by atoms with Crippen molar-refractivity contribution in [2.75, 3.05) is 0 Å². The number of thiophene rings is 1. The maximum Gasteiger partial charge on any atom is 0.0121 e. The van der Waals surface area contributed by atoms with Crippen molar-refractivity contribution in [1.82, 2.24) is 5.32 Å². The van der Waals surface area contributed by atoms with E-state index in [2.05, 4.69) is 43.6 Å². The molecule has 0 radical (unpaired) electrons. The van der Waals surface area contributed by atoms with Gasteiger partial charge in [-0.25, -0.2) is 0 Å². The third-order valence-corrected chi connectivity index (χ3v) is 5.01. The minimum absolute atomic E-state index is 0.599. The Hall–Kier alpha value is -0.340. The molecule has 2 heteroatoms. The van der Waals surface area contributed by atoms with Gasteiger partial charge >= 0.3 is 0 Å². The average Bonchev–Trinajstić information content (AvgIpc) is 2.76. The zero-order valence-corrected chi connectivity index (χ0v) is 12.1. The Morgan fingerprint density at radius 1 is 1.35 bits per heavy atom. The number of hydrogen-bond donors (Lipinski definition) is 1. The summed E-state index contributed by atoms with van der Waals surface area (Å²) in [6.45, 7) is 7.14. The lowest BCUT2D eigenvalue weighted by molar-refractivity contribution is 0.195. The van der Waals surface area contributed by atoms with Crippen LogP contribution in [-0.4, -0.2) is 12.1 Å². The van der Waals surface area contributed by atoms with Crippen LogP contribution >= 0.6 is 11.3 Å². The predicted octanol–water partition coefficient (Wildman–Crippen LogP) is 4.09. The molecule has 1 saturated carbocycles. The molecule has 0 aromatic carbocycles. The molecule has 3 atom stereocenters. The van der Waals surface area contributed by atoms with E-state index >= 15 is 0 Å². The predicted molar refractivity (Wildman–Crippen MR) is 76.6 cm³/mol. The summed E-state index contributed by atoms with van der Waals surface area (Å²) in [5.74, 6) is 1.68. The summed E-state index contributed by atoms with van der Waals surface area (Å²) in [4.78, 5) is 1.50. The van der Waals surface area contributed by atoms with Crippen molar-refractivity contribution in [2.24, 2.45) is 11.8 Å². The molecule has 1 nitrogen and oxygen atoms in total. The molecule has 1 fully saturated rings. The Balaban J connectivity index is 1.86. The molecular formula is C15H25NS. The first-order chi connectivity index (χ1) is 8.16. The fourth-order valence-corrected chi connectivity index (χ4v) is 3.96. The van der Waals surface area contributed by atoms with Crippen molar-refractivity contribution in [3.63, 3.8) is 0 Å². The summed E-state index contributed by atoms with van der Waals surface area (Å²) in [5.41, 5.74) is 0. The fraction of sp³-hybridized carbons (Fsp3) is 0.733. The van der Waals surface area contributed by atoms with Gasteiger partial charge in [0.1, 0.15) is 0 Å². The van der Waals surface area contributed by atoms with Crippen molar-refractivity contribution < 1.29 is 0 Å². The summed E-state index contributed by atoms with van der Waals surface area (Å²) in [6, 6.07) is 5.72. The molecule has 1 aliphatic rings. The van der Waals surface area contributed by atoms with Crippen LogP contribution in [0.1, 0.15) is 44.9 Å². The van der Waals surface area contributed by atoms with Crippen molar-refractivity contribution in [3.05, 3.63) is 22.4 Å². The smallest absolute Gasteiger partial charge is 0.0121 e. The van der Waals surface area contributed by atoms with Crippen LogP contribution in [0.25, 0.3) is 0 Å². The van der Waals surface area contributed by atoms with E-state index in [1.54, 1.807) is 0 Å². The van der Waals surface area contributed by atoms with Gasteiger partial charge in [-0.3, -0.25) is 0 Å². The molecule has 1 aromatic rings. The van der Waals surface area contributed by atoms with Gasteiger partial charge in [0.15, 0.2) is 0 Å². The lowest BCUT2D eigenvalue weighted by Crippen LogP contribution is -2.47. The largest absolute Gasteiger partial charge is 0.311 e. The molecule has 17 heavy (non-hydrogen) atoms. The molecule has 0 spiro atoms. The Bertz CT molecular complexity index is 310. The summed E-state index contributed by atoms with van der Waals surface area (Å²) in [6.07, 6.45) is 5.38. The summed E-state index contributed by atoms with van der Waals surface area (Å²) in [7, 11) is 0. The highest BCUT2D eigenvalue weighted by Gasteiger charge is 2.28. The van der Waals surface area contributed by atoms with Crippen LogP contribution in [0.15, 0.2) is 17.5 Å². The van der Waals surface area contributed by atoms with Crippen molar-refractivity contribution in [2.45, 2.75) is 58.5 Å². The van der Waals surface area contributed by atoms with Crippen molar-refractivity contribution in [1.29, 1.82) is 0 Å². The number of rotatable bonds is 4. The number of hydrogen-bond acceptors (Lipinski definition) is 2. The second-order valence-electron chi connectivity index (χ2n) is 5.76. The van der Waals surface area contributed by atoms with Gasteiger partial charge in [-0.1, -0.05) is 26.3 Å². The fourth-order valence-electron chi connectivity index (χ4n) is 3.13. The van der Waals surface area contributed by atoms with Crippen LogP contribution in [0, 0.1) is 11.8 Å². The summed E-state index contributed by atoms with van der Waals surface area (Å²) in [5, 5.41) is 6.04. The third kappa shape index (κ3) is 3.56. The molecule has 1 N–H and O–H groups in total. The first kappa shape index (κ1) is 13.1. The molecule has 0 bridgehead atoms. The quantitative estimate of drug-likeness (QED) is 0.850. The van der Waals surface area contributed by atoms with Crippen LogP contribution in [0.2, 0.25) is 0 Å². The van der Waals surface area contributed by atoms with E-state index in [4.69, 9.17) is 0 Å². The zero-order chi connectivity index (χ0) is 12.3. The minimum atomic E-state index is 0.599. The van der Waals surface area contributed by atoms with Gasteiger partial charge < -0.3 is 5.32 Å². The van der Waals surface area contributed by atoms with Crippen LogP contribution < -0.4 is 5.32 Å². The zero-order valence-electron chi connectivity index (χ0n) is 11.3. The lowest BCUT2D eigenvalue weighted by Gasteiger charge is -2.37. The second kappa shape index (κ2) is 6.01. The van der Waals surface area contributed by atoms with Gasteiger partial charge in [-0.05, 0) is 49.5 Å². The normalized spacial score (nSPS) is 31.4. The lowest BCUT2D eigenvalue weighted by atomic mass is 9.78. The first-order valence-corrected chi connectivity index (χ1v) is 7.83. The van der Waals surface area contributed by atoms with E-state index in [-0.39, 0.29) is 0 Å². The Morgan fingerprint density at radius 2 is 2.06 bits per heavy atom. The highest BCUT2D eigenvalue weighted by Crippen LogP contribution is 2.29. The van der Waals surface area contributed by atoms with Gasteiger partial charge in [-0.2, -0.15) is 0 Å². The SMILES string of the molecule is CC(Cc1cccs1)NC1C(C)CCCC1C. The van der Waals surface area contributed by atoms with Crippen LogP contribution in [0.4, 0.5) is 0 Å². The molecule has 0 amide bonds. The van der Waals surface area contributed by atoms with Crippen molar-refractivity contribution >= 4 is 11.3 Å². The van der Waals surface area contributed by atoms with Crippen LogP contribution in [-0.2, 0) is 6.42 Å². The van der Waals surface area contributed by atoms with Gasteiger partial charge in [0, 0.05) is 17.0 Å². The summed E-state index contributed by atoms with van der Waals surface area (Å²) >= 11 is 1.87. The van der Waals surface area contributed by atoms with Crippen LogP contribution in [0.3, 0.4) is 0 Å². The van der Waals surface area contributed by atoms with E-state index in [0.29, 0.717) is 6.04 Å². The van der Waals surface area contributed by atoms with Gasteiger partial charge in [0.05, 0.1) is 0 Å². The average molecular weight is 251 g/mol. The second-order valence-corrected chi connectivity index (χ2v) is 6.79. The Kier molecular flexibility index (Phi) is 4.63. The maximum absolute atomic E-state index is 3.86. The molecule has 0 aliphatic heterocycles. The molecule has 3 unspecified atom stereocenters. The summed E-state index contributed by atoms with van der Waals surface area (Å²) < 4.78 is 0. The highest BCUT2D eigenvalue weighted by molar-refractivity contribution is 7.09. The van der Waals surface area contributed by atoms with Gasteiger partial charge in [0.2, 0.25) is 0 Å². The molecular weight excluding hydrogens is 226 g/mol. The van der Waals surface area contributed by atoms with E-state index in [0.717, 1.165) is 17.9 Å².